The van der Waals surface area contributed by atoms with Gasteiger partial charge in [-0.3, -0.25) is 0 Å². The van der Waals surface area contributed by atoms with Crippen LogP contribution in [0.25, 0.3) is 0 Å². The van der Waals surface area contributed by atoms with Crippen molar-refractivity contribution in [2.45, 2.75) is 0 Å². The molecule has 0 radical (unpaired) electrons. The molecular formula is C15H16N2O4. The lowest BCUT2D eigenvalue weighted by molar-refractivity contribution is 0.231. The molecule has 2 rings (SSSR count). The number of phenolic OH excluding ortho intramolecular Hbond substituents is 1. The average Bonchev–Trinajstić information content (AvgIpc) is 2.50. The van der Waals surface area contributed by atoms with E-state index >= 15 is 0 Å². The van der Waals surface area contributed by atoms with Gasteiger partial charge in [-0.1, -0.05) is 12.1 Å². The van der Waals surface area contributed by atoms with Crippen LogP contribution in [0.4, 0.5) is 10.5 Å². The maximum absolute atomic E-state index is 11.6. The Morgan fingerprint density at radius 3 is 2.43 bits per heavy atom. The molecule has 3 N–H and O–H groups in total. The van der Waals surface area contributed by atoms with Crippen LogP contribution in [-0.4, -0.2) is 25.0 Å². The van der Waals surface area contributed by atoms with Crippen LogP contribution in [0, 0.1) is 0 Å². The Hall–Kier alpha value is -2.89. The lowest BCUT2D eigenvalue weighted by Crippen LogP contribution is -2.32. The van der Waals surface area contributed by atoms with Crippen LogP contribution in [0.15, 0.2) is 48.5 Å². The van der Waals surface area contributed by atoms with Gasteiger partial charge in [-0.15, -0.1) is 0 Å². The summed E-state index contributed by atoms with van der Waals surface area (Å²) < 4.78 is 10.6. The average molecular weight is 288 g/mol. The quantitative estimate of drug-likeness (QED) is 0.583. The number of carbonyl (C=O) groups is 1. The topological polar surface area (TPSA) is 79.8 Å². The third-order valence-electron chi connectivity index (χ3n) is 2.65. The molecule has 0 spiro atoms. The summed E-state index contributed by atoms with van der Waals surface area (Å²) in [5, 5.41) is 14.3. The van der Waals surface area contributed by atoms with Gasteiger partial charge in [0, 0.05) is 5.69 Å². The number of aromatic hydroxyl groups is 1. The van der Waals surface area contributed by atoms with Crippen LogP contribution in [0.2, 0.25) is 0 Å². The smallest absolute Gasteiger partial charge is 0.321 e. The van der Waals surface area contributed by atoms with E-state index in [-0.39, 0.29) is 12.5 Å². The fraction of sp³-hybridized carbons (Fsp3) is 0.133. The van der Waals surface area contributed by atoms with Gasteiger partial charge in [0.25, 0.3) is 0 Å². The van der Waals surface area contributed by atoms with Gasteiger partial charge in [-0.2, -0.15) is 0 Å². The number of anilines is 1. The molecule has 0 saturated carbocycles. The molecule has 2 aromatic carbocycles. The molecule has 0 heterocycles. The number of phenols is 1. The summed E-state index contributed by atoms with van der Waals surface area (Å²) in [4.78, 5) is 11.6. The van der Waals surface area contributed by atoms with E-state index in [1.165, 1.54) is 12.1 Å². The van der Waals surface area contributed by atoms with Gasteiger partial charge >= 0.3 is 6.03 Å². The standard InChI is InChI=1S/C15H16N2O4/c1-20-13-4-2-3-5-14(13)21-10-16-15(19)17-11-6-8-12(18)9-7-11/h2-9,18H,10H2,1H3,(H2,16,17,19). The summed E-state index contributed by atoms with van der Waals surface area (Å²) in [5.74, 6) is 1.28. The van der Waals surface area contributed by atoms with Crippen LogP contribution in [-0.2, 0) is 0 Å². The number of hydrogen-bond donors (Lipinski definition) is 3. The zero-order valence-corrected chi connectivity index (χ0v) is 11.5. The third kappa shape index (κ3) is 4.31. The normalized spacial score (nSPS) is 9.76. The second-order valence-electron chi connectivity index (χ2n) is 4.12. The van der Waals surface area contributed by atoms with Crippen LogP contribution in [0.1, 0.15) is 0 Å². The minimum Gasteiger partial charge on any atom is -0.508 e. The summed E-state index contributed by atoms with van der Waals surface area (Å²) in [5.41, 5.74) is 0.572. The molecule has 0 unspecified atom stereocenters. The molecular weight excluding hydrogens is 272 g/mol. The predicted octanol–water partition coefficient (Wildman–Crippen LogP) is 2.56. The first-order valence-corrected chi connectivity index (χ1v) is 6.29. The summed E-state index contributed by atoms with van der Waals surface area (Å²) >= 11 is 0. The highest BCUT2D eigenvalue weighted by Gasteiger charge is 2.04. The van der Waals surface area contributed by atoms with E-state index in [9.17, 15) is 4.79 Å². The molecule has 0 aromatic heterocycles. The van der Waals surface area contributed by atoms with E-state index in [1.807, 2.05) is 12.1 Å². The molecule has 2 amide bonds. The van der Waals surface area contributed by atoms with Crippen molar-refractivity contribution in [2.24, 2.45) is 0 Å². The van der Waals surface area contributed by atoms with Gasteiger partial charge in [0.15, 0.2) is 18.2 Å². The zero-order chi connectivity index (χ0) is 15.1. The van der Waals surface area contributed by atoms with Gasteiger partial charge in [0.1, 0.15) is 5.75 Å². The molecule has 2 aromatic rings. The number of benzene rings is 2. The van der Waals surface area contributed by atoms with Gasteiger partial charge in [-0.25, -0.2) is 4.79 Å². The van der Waals surface area contributed by atoms with Gasteiger partial charge in [0.05, 0.1) is 7.11 Å². The van der Waals surface area contributed by atoms with Crippen molar-refractivity contribution >= 4 is 11.7 Å². The molecule has 0 saturated heterocycles. The van der Waals surface area contributed by atoms with Gasteiger partial charge in [0.2, 0.25) is 0 Å². The van der Waals surface area contributed by atoms with Crippen molar-refractivity contribution in [1.29, 1.82) is 0 Å². The molecule has 0 fully saturated rings. The fourth-order valence-electron chi connectivity index (χ4n) is 1.64. The van der Waals surface area contributed by atoms with E-state index in [0.29, 0.717) is 17.2 Å². The first kappa shape index (κ1) is 14.5. The minimum absolute atomic E-state index is 0.00426. The summed E-state index contributed by atoms with van der Waals surface area (Å²) in [7, 11) is 1.55. The lowest BCUT2D eigenvalue weighted by Gasteiger charge is -2.11. The Balaban J connectivity index is 1.80. The Morgan fingerprint density at radius 1 is 1.10 bits per heavy atom. The number of methoxy groups -OCH3 is 1. The number of carbonyl (C=O) groups excluding carboxylic acids is 1. The first-order valence-electron chi connectivity index (χ1n) is 6.29. The number of para-hydroxylation sites is 2. The molecule has 0 aliphatic heterocycles. The third-order valence-corrected chi connectivity index (χ3v) is 2.65. The van der Waals surface area contributed by atoms with Crippen molar-refractivity contribution in [3.8, 4) is 17.2 Å². The van der Waals surface area contributed by atoms with Crippen molar-refractivity contribution < 1.29 is 19.4 Å². The van der Waals surface area contributed by atoms with Crippen LogP contribution >= 0.6 is 0 Å². The zero-order valence-electron chi connectivity index (χ0n) is 11.5. The summed E-state index contributed by atoms with van der Waals surface area (Å²) in [6.45, 7) is 0.00426. The van der Waals surface area contributed by atoms with Crippen molar-refractivity contribution in [2.75, 3.05) is 19.2 Å². The number of rotatable bonds is 5. The Morgan fingerprint density at radius 2 is 1.76 bits per heavy atom. The van der Waals surface area contributed by atoms with E-state index in [1.54, 1.807) is 31.4 Å². The molecule has 0 aliphatic carbocycles. The van der Waals surface area contributed by atoms with Crippen molar-refractivity contribution in [1.82, 2.24) is 5.32 Å². The number of urea groups is 1. The second kappa shape index (κ2) is 7.04. The Kier molecular flexibility index (Phi) is 4.87. The lowest BCUT2D eigenvalue weighted by atomic mass is 10.3. The molecule has 6 heteroatoms. The highest BCUT2D eigenvalue weighted by Crippen LogP contribution is 2.25. The van der Waals surface area contributed by atoms with Crippen LogP contribution < -0.4 is 20.1 Å². The predicted molar refractivity (Wildman–Crippen MR) is 78.8 cm³/mol. The number of nitrogens with one attached hydrogen (secondary N) is 2. The number of hydrogen-bond acceptors (Lipinski definition) is 4. The Bertz CT molecular complexity index is 599. The molecule has 21 heavy (non-hydrogen) atoms. The van der Waals surface area contributed by atoms with Crippen LogP contribution in [0.5, 0.6) is 17.2 Å². The first-order chi connectivity index (χ1) is 10.2. The van der Waals surface area contributed by atoms with E-state index in [0.717, 1.165) is 0 Å². The fourth-order valence-corrected chi connectivity index (χ4v) is 1.64. The minimum atomic E-state index is -0.407. The highest BCUT2D eigenvalue weighted by molar-refractivity contribution is 5.89. The molecule has 0 bridgehead atoms. The maximum Gasteiger partial charge on any atom is 0.321 e. The van der Waals surface area contributed by atoms with E-state index < -0.39 is 6.03 Å². The monoisotopic (exact) mass is 288 g/mol. The second-order valence-corrected chi connectivity index (χ2v) is 4.12. The maximum atomic E-state index is 11.6. The van der Waals surface area contributed by atoms with E-state index in [4.69, 9.17) is 14.6 Å². The van der Waals surface area contributed by atoms with Crippen molar-refractivity contribution in [3.63, 3.8) is 0 Å². The van der Waals surface area contributed by atoms with Gasteiger partial charge < -0.3 is 25.2 Å². The van der Waals surface area contributed by atoms with E-state index in [2.05, 4.69) is 10.6 Å². The molecule has 6 nitrogen and oxygen atoms in total. The van der Waals surface area contributed by atoms with Crippen molar-refractivity contribution in [3.05, 3.63) is 48.5 Å². The van der Waals surface area contributed by atoms with Gasteiger partial charge in [-0.05, 0) is 36.4 Å². The summed E-state index contributed by atoms with van der Waals surface area (Å²) in [6.07, 6.45) is 0. The summed E-state index contributed by atoms with van der Waals surface area (Å²) in [6, 6.07) is 12.9. The molecule has 0 atom stereocenters. The SMILES string of the molecule is COc1ccccc1OCNC(=O)Nc1ccc(O)cc1. The molecule has 0 aliphatic rings. The van der Waals surface area contributed by atoms with Crippen LogP contribution in [0.3, 0.4) is 0 Å². The number of ether oxygens (including phenoxy) is 2. The molecule has 110 valence electrons. The largest absolute Gasteiger partial charge is 0.508 e. The Labute approximate surface area is 122 Å². The highest BCUT2D eigenvalue weighted by atomic mass is 16.5. The number of amides is 2.